The van der Waals surface area contributed by atoms with Crippen molar-refractivity contribution in [2.24, 2.45) is 17.8 Å². The summed E-state index contributed by atoms with van der Waals surface area (Å²) in [4.78, 5) is 0. The quantitative estimate of drug-likeness (QED) is 0.415. The van der Waals surface area contributed by atoms with E-state index >= 15 is 0 Å². The highest BCUT2D eigenvalue weighted by Crippen LogP contribution is 2.59. The van der Waals surface area contributed by atoms with Crippen LogP contribution in [0.5, 0.6) is 0 Å². The van der Waals surface area contributed by atoms with Crippen LogP contribution in [0.25, 0.3) is 0 Å². The molecular formula is C20H39N. The van der Waals surface area contributed by atoms with Gasteiger partial charge in [0.15, 0.2) is 0 Å². The molecule has 1 N–H and O–H groups in total. The van der Waals surface area contributed by atoms with E-state index in [2.05, 4.69) is 19.3 Å². The summed E-state index contributed by atoms with van der Waals surface area (Å²) >= 11 is 0. The van der Waals surface area contributed by atoms with Gasteiger partial charge >= 0.3 is 0 Å². The highest BCUT2D eigenvalue weighted by atomic mass is 14.9. The molecule has 0 aromatic heterocycles. The van der Waals surface area contributed by atoms with Gasteiger partial charge < -0.3 is 5.32 Å². The van der Waals surface area contributed by atoms with Gasteiger partial charge in [0.2, 0.25) is 0 Å². The van der Waals surface area contributed by atoms with Crippen molar-refractivity contribution in [2.75, 3.05) is 7.05 Å². The molecule has 0 saturated heterocycles. The molecule has 0 heterocycles. The fourth-order valence-corrected chi connectivity index (χ4v) is 4.85. The normalized spacial score (nSPS) is 28.6. The Morgan fingerprint density at radius 1 is 0.810 bits per heavy atom. The molecule has 0 aromatic carbocycles. The van der Waals surface area contributed by atoms with Crippen LogP contribution in [-0.4, -0.2) is 13.1 Å². The molecule has 2 fully saturated rings. The number of hydrogen-bond donors (Lipinski definition) is 1. The lowest BCUT2D eigenvalue weighted by molar-refractivity contribution is 0.392. The summed E-state index contributed by atoms with van der Waals surface area (Å²) in [5.74, 6) is 3.29. The summed E-state index contributed by atoms with van der Waals surface area (Å²) in [6, 6.07) is 0.842. The minimum atomic E-state index is 0.842. The highest BCUT2D eigenvalue weighted by Gasteiger charge is 2.54. The van der Waals surface area contributed by atoms with E-state index in [4.69, 9.17) is 0 Å². The fraction of sp³-hybridized carbons (Fsp3) is 1.00. The van der Waals surface area contributed by atoms with Crippen molar-refractivity contribution in [1.29, 1.82) is 0 Å². The minimum Gasteiger partial charge on any atom is -0.317 e. The topological polar surface area (TPSA) is 12.0 Å². The van der Waals surface area contributed by atoms with E-state index in [0.29, 0.717) is 0 Å². The molecular weight excluding hydrogens is 254 g/mol. The molecule has 21 heavy (non-hydrogen) atoms. The third-order valence-electron chi connectivity index (χ3n) is 6.18. The van der Waals surface area contributed by atoms with Crippen LogP contribution in [0.15, 0.2) is 0 Å². The maximum absolute atomic E-state index is 3.62. The second-order valence-electron chi connectivity index (χ2n) is 7.70. The molecule has 0 bridgehead atoms. The number of hydrogen-bond acceptors (Lipinski definition) is 1. The monoisotopic (exact) mass is 293 g/mol. The molecule has 124 valence electrons. The second kappa shape index (κ2) is 9.87. The predicted molar refractivity (Wildman–Crippen MR) is 93.6 cm³/mol. The van der Waals surface area contributed by atoms with Crippen molar-refractivity contribution >= 4 is 0 Å². The largest absolute Gasteiger partial charge is 0.317 e. The maximum atomic E-state index is 3.62. The Morgan fingerprint density at radius 3 is 1.86 bits per heavy atom. The van der Waals surface area contributed by atoms with Crippen LogP contribution >= 0.6 is 0 Å². The summed E-state index contributed by atoms with van der Waals surface area (Å²) in [6.45, 7) is 2.30. The van der Waals surface area contributed by atoms with Crippen molar-refractivity contribution in [2.45, 2.75) is 103 Å². The zero-order valence-corrected chi connectivity index (χ0v) is 14.7. The van der Waals surface area contributed by atoms with Crippen LogP contribution < -0.4 is 5.32 Å². The van der Waals surface area contributed by atoms with Crippen molar-refractivity contribution in [3.05, 3.63) is 0 Å². The number of unbranched alkanes of at least 4 members (excludes halogenated alkanes) is 9. The molecule has 0 aliphatic heterocycles. The maximum Gasteiger partial charge on any atom is 0.00978 e. The number of rotatable bonds is 13. The van der Waals surface area contributed by atoms with Crippen molar-refractivity contribution in [3.8, 4) is 0 Å². The van der Waals surface area contributed by atoms with E-state index in [1.165, 1.54) is 89.9 Å². The highest BCUT2D eigenvalue weighted by molar-refractivity contribution is 5.05. The van der Waals surface area contributed by atoms with E-state index in [1.807, 2.05) is 0 Å². The van der Waals surface area contributed by atoms with E-state index in [1.54, 1.807) is 0 Å². The van der Waals surface area contributed by atoms with Gasteiger partial charge in [0, 0.05) is 6.04 Å². The Balaban J connectivity index is 1.39. The lowest BCUT2D eigenvalue weighted by Crippen LogP contribution is -2.29. The number of fused-ring (bicyclic) bond motifs is 1. The first-order chi connectivity index (χ1) is 10.4. The molecule has 2 aliphatic carbocycles. The summed E-state index contributed by atoms with van der Waals surface area (Å²) < 4.78 is 0. The summed E-state index contributed by atoms with van der Waals surface area (Å²) in [7, 11) is 2.19. The zero-order valence-electron chi connectivity index (χ0n) is 14.7. The van der Waals surface area contributed by atoms with E-state index in [0.717, 1.165) is 23.8 Å². The van der Waals surface area contributed by atoms with Gasteiger partial charge in [-0.2, -0.15) is 0 Å². The first-order valence-electron chi connectivity index (χ1n) is 10.1. The smallest absolute Gasteiger partial charge is 0.00978 e. The summed E-state index contributed by atoms with van der Waals surface area (Å²) in [6.07, 6.45) is 20.6. The third-order valence-corrected chi connectivity index (χ3v) is 6.18. The van der Waals surface area contributed by atoms with Crippen LogP contribution in [0.3, 0.4) is 0 Å². The van der Waals surface area contributed by atoms with Gasteiger partial charge in [0.05, 0.1) is 0 Å². The minimum absolute atomic E-state index is 0.842. The van der Waals surface area contributed by atoms with Crippen LogP contribution in [0.2, 0.25) is 0 Å². The lowest BCUT2D eigenvalue weighted by atomic mass is 9.98. The van der Waals surface area contributed by atoms with E-state index < -0.39 is 0 Å². The van der Waals surface area contributed by atoms with Crippen LogP contribution in [0.4, 0.5) is 0 Å². The van der Waals surface area contributed by atoms with Gasteiger partial charge in [0.25, 0.3) is 0 Å². The predicted octanol–water partition coefficient (Wildman–Crippen LogP) is 5.93. The Kier molecular flexibility index (Phi) is 8.14. The van der Waals surface area contributed by atoms with E-state index in [-0.39, 0.29) is 0 Å². The third kappa shape index (κ3) is 5.58. The van der Waals surface area contributed by atoms with Gasteiger partial charge in [-0.15, -0.1) is 0 Å². The first kappa shape index (κ1) is 17.3. The fourth-order valence-electron chi connectivity index (χ4n) is 4.85. The molecule has 1 nitrogen and oxygen atoms in total. The second-order valence-corrected chi connectivity index (χ2v) is 7.70. The average molecular weight is 294 g/mol. The van der Waals surface area contributed by atoms with Gasteiger partial charge in [-0.1, -0.05) is 77.6 Å². The van der Waals surface area contributed by atoms with Crippen LogP contribution in [-0.2, 0) is 0 Å². The Bertz CT molecular complexity index is 253. The molecule has 2 aliphatic rings. The summed E-state index contributed by atoms with van der Waals surface area (Å²) in [5.41, 5.74) is 0. The number of nitrogens with one attached hydrogen (secondary N) is 1. The van der Waals surface area contributed by atoms with Gasteiger partial charge in [0.1, 0.15) is 0 Å². The molecule has 0 spiro atoms. The Morgan fingerprint density at radius 2 is 1.33 bits per heavy atom. The summed E-state index contributed by atoms with van der Waals surface area (Å²) in [5, 5.41) is 3.62. The standard InChI is InChI=1S/C20H39N/c1-3-4-5-6-7-8-9-10-11-12-16-19(21-2)20-17-14-13-15-18(17)20/h17-21H,3-16H2,1-2H3. The SMILES string of the molecule is CCCCCCCCCCCCC(NC)C1C2CCCC21. The lowest BCUT2D eigenvalue weighted by Gasteiger charge is -2.18. The molecule has 2 rings (SSSR count). The van der Waals surface area contributed by atoms with Crippen LogP contribution in [0, 0.1) is 17.8 Å². The van der Waals surface area contributed by atoms with E-state index in [9.17, 15) is 0 Å². The average Bonchev–Trinajstić information content (AvgIpc) is 2.96. The zero-order chi connectivity index (χ0) is 14.9. The van der Waals surface area contributed by atoms with Crippen molar-refractivity contribution in [1.82, 2.24) is 5.32 Å². The molecule has 3 unspecified atom stereocenters. The van der Waals surface area contributed by atoms with Gasteiger partial charge in [-0.05, 0) is 44.1 Å². The van der Waals surface area contributed by atoms with Gasteiger partial charge in [-0.25, -0.2) is 0 Å². The van der Waals surface area contributed by atoms with Gasteiger partial charge in [-0.3, -0.25) is 0 Å². The molecule has 0 aromatic rings. The molecule has 0 amide bonds. The van der Waals surface area contributed by atoms with Crippen molar-refractivity contribution < 1.29 is 0 Å². The molecule has 2 saturated carbocycles. The Hall–Kier alpha value is -0.0400. The first-order valence-corrected chi connectivity index (χ1v) is 10.1. The van der Waals surface area contributed by atoms with Crippen LogP contribution in [0.1, 0.15) is 96.8 Å². The Labute approximate surface area is 133 Å². The van der Waals surface area contributed by atoms with Crippen molar-refractivity contribution in [3.63, 3.8) is 0 Å². The molecule has 3 atom stereocenters. The molecule has 0 radical (unpaired) electrons. The molecule has 1 heteroatoms.